The summed E-state index contributed by atoms with van der Waals surface area (Å²) >= 11 is 0. The first kappa shape index (κ1) is 24.6. The number of aryl methyl sites for hydroxylation is 2. The number of hydrogen-bond donors (Lipinski definition) is 1. The predicted molar refractivity (Wildman–Crippen MR) is 133 cm³/mol. The van der Waals surface area contributed by atoms with Gasteiger partial charge in [0, 0.05) is 50.4 Å². The number of amides is 2. The first-order valence-electron chi connectivity index (χ1n) is 11.4. The van der Waals surface area contributed by atoms with Crippen LogP contribution in [0.4, 0.5) is 0 Å². The summed E-state index contributed by atoms with van der Waals surface area (Å²) in [6.07, 6.45) is 3.13. The molecular formula is C25H28N4O5S. The second kappa shape index (κ2) is 9.99. The van der Waals surface area contributed by atoms with E-state index in [4.69, 9.17) is 0 Å². The van der Waals surface area contributed by atoms with Crippen LogP contribution in [0.25, 0.3) is 11.0 Å². The van der Waals surface area contributed by atoms with Crippen LogP contribution in [0.5, 0.6) is 0 Å². The Hall–Kier alpha value is -3.53. The molecule has 9 nitrogen and oxygen atoms in total. The van der Waals surface area contributed by atoms with Gasteiger partial charge in [-0.05, 0) is 37.1 Å². The van der Waals surface area contributed by atoms with Crippen molar-refractivity contribution >= 4 is 32.7 Å². The molecule has 1 aromatic carbocycles. The topological polar surface area (TPSA) is 118 Å². The summed E-state index contributed by atoms with van der Waals surface area (Å²) in [5, 5.41) is 2.84. The van der Waals surface area contributed by atoms with Crippen LogP contribution in [0.3, 0.4) is 0 Å². The number of rotatable bonds is 7. The highest BCUT2D eigenvalue weighted by Gasteiger charge is 2.32. The van der Waals surface area contributed by atoms with Crippen molar-refractivity contribution in [2.75, 3.05) is 19.3 Å². The molecule has 4 rings (SSSR count). The summed E-state index contributed by atoms with van der Waals surface area (Å²) in [5.41, 5.74) is 1.86. The molecule has 2 amide bonds. The van der Waals surface area contributed by atoms with Crippen molar-refractivity contribution in [3.05, 3.63) is 75.7 Å². The predicted octanol–water partition coefficient (Wildman–Crippen LogP) is 1.67. The van der Waals surface area contributed by atoms with Gasteiger partial charge in [0.05, 0.1) is 5.25 Å². The molecule has 1 saturated heterocycles. The minimum absolute atomic E-state index is 0.00347. The molecule has 1 fully saturated rings. The highest BCUT2D eigenvalue weighted by molar-refractivity contribution is 7.91. The molecule has 184 valence electrons. The van der Waals surface area contributed by atoms with Crippen LogP contribution in [-0.4, -0.2) is 59.3 Å². The molecular weight excluding hydrogens is 468 g/mol. The van der Waals surface area contributed by atoms with E-state index in [-0.39, 0.29) is 37.5 Å². The normalized spacial score (nSPS) is 15.9. The van der Waals surface area contributed by atoms with Crippen molar-refractivity contribution in [2.45, 2.75) is 38.1 Å². The minimum atomic E-state index is -3.22. The third-order valence-corrected chi connectivity index (χ3v) is 7.91. The van der Waals surface area contributed by atoms with E-state index in [1.807, 2.05) is 31.2 Å². The molecule has 1 aliphatic rings. The van der Waals surface area contributed by atoms with Gasteiger partial charge in [-0.3, -0.25) is 19.0 Å². The first-order valence-corrected chi connectivity index (χ1v) is 13.4. The number of fused-ring (bicyclic) bond motifs is 1. The van der Waals surface area contributed by atoms with E-state index < -0.39 is 26.6 Å². The van der Waals surface area contributed by atoms with Crippen molar-refractivity contribution in [1.82, 2.24) is 19.8 Å². The van der Waals surface area contributed by atoms with E-state index in [2.05, 4.69) is 10.3 Å². The Bertz CT molecular complexity index is 1430. The summed E-state index contributed by atoms with van der Waals surface area (Å²) in [4.78, 5) is 44.7. The highest BCUT2D eigenvalue weighted by atomic mass is 32.2. The lowest BCUT2D eigenvalue weighted by Crippen LogP contribution is -2.35. The van der Waals surface area contributed by atoms with Crippen LogP contribution in [0.2, 0.25) is 0 Å². The number of pyridine rings is 2. The Morgan fingerprint density at radius 1 is 1.17 bits per heavy atom. The van der Waals surface area contributed by atoms with Gasteiger partial charge < -0.3 is 10.2 Å². The largest absolute Gasteiger partial charge is 0.348 e. The third-order valence-electron chi connectivity index (χ3n) is 6.32. The molecule has 2 aromatic heterocycles. The molecule has 35 heavy (non-hydrogen) atoms. The van der Waals surface area contributed by atoms with E-state index in [0.29, 0.717) is 24.0 Å². The molecule has 1 N–H and O–H groups in total. The van der Waals surface area contributed by atoms with Crippen LogP contribution in [0, 0.1) is 6.92 Å². The second-order valence-corrected chi connectivity index (χ2v) is 11.3. The van der Waals surface area contributed by atoms with Gasteiger partial charge in [0.15, 0.2) is 9.84 Å². The number of benzene rings is 1. The van der Waals surface area contributed by atoms with E-state index in [1.165, 1.54) is 21.8 Å². The molecule has 0 saturated carbocycles. The number of hydrogen-bond acceptors (Lipinski definition) is 6. The van der Waals surface area contributed by atoms with Gasteiger partial charge >= 0.3 is 0 Å². The maximum Gasteiger partial charge on any atom is 0.265 e. The fourth-order valence-electron chi connectivity index (χ4n) is 4.23. The zero-order valence-corrected chi connectivity index (χ0v) is 20.5. The Balaban J connectivity index is 1.53. The van der Waals surface area contributed by atoms with Crippen molar-refractivity contribution in [1.29, 1.82) is 0 Å². The maximum absolute atomic E-state index is 13.3. The number of carbonyl (C=O) groups is 2. The van der Waals surface area contributed by atoms with E-state index in [0.717, 1.165) is 11.1 Å². The van der Waals surface area contributed by atoms with Crippen LogP contribution >= 0.6 is 0 Å². The van der Waals surface area contributed by atoms with Gasteiger partial charge in [-0.2, -0.15) is 0 Å². The van der Waals surface area contributed by atoms with Crippen molar-refractivity contribution in [2.24, 2.45) is 0 Å². The van der Waals surface area contributed by atoms with Crippen LogP contribution in [0.15, 0.2) is 53.5 Å². The van der Waals surface area contributed by atoms with Crippen molar-refractivity contribution in [3.8, 4) is 0 Å². The monoisotopic (exact) mass is 496 g/mol. The van der Waals surface area contributed by atoms with Gasteiger partial charge in [-0.1, -0.05) is 29.8 Å². The molecule has 0 radical (unpaired) electrons. The minimum Gasteiger partial charge on any atom is -0.348 e. The van der Waals surface area contributed by atoms with Gasteiger partial charge in [-0.15, -0.1) is 0 Å². The van der Waals surface area contributed by atoms with E-state index in [9.17, 15) is 22.8 Å². The Morgan fingerprint density at radius 3 is 2.60 bits per heavy atom. The number of sulfone groups is 1. The summed E-state index contributed by atoms with van der Waals surface area (Å²) in [5.74, 6) is -0.738. The summed E-state index contributed by atoms with van der Waals surface area (Å²) in [6.45, 7) is 2.81. The van der Waals surface area contributed by atoms with Gasteiger partial charge in [0.1, 0.15) is 11.2 Å². The average Bonchev–Trinajstić information content (AvgIpc) is 3.34. The SMILES string of the molecule is Cc1ccc(CNC(=O)c2cc3cccnc3n(CCC(=O)N3CCC(S(C)(=O)=O)C3)c2=O)cc1. The summed E-state index contributed by atoms with van der Waals surface area (Å²) < 4.78 is 25.0. The summed E-state index contributed by atoms with van der Waals surface area (Å²) in [6, 6.07) is 12.7. The Morgan fingerprint density at radius 2 is 1.91 bits per heavy atom. The molecule has 3 aromatic rings. The Labute approximate surface area is 203 Å². The molecule has 0 spiro atoms. The molecule has 0 aliphatic carbocycles. The molecule has 0 bridgehead atoms. The van der Waals surface area contributed by atoms with Gasteiger partial charge in [0.25, 0.3) is 11.5 Å². The number of likely N-dealkylation sites (tertiary alicyclic amines) is 1. The van der Waals surface area contributed by atoms with Crippen LogP contribution in [-0.2, 0) is 27.7 Å². The standard InChI is InChI=1S/C25H28N4O5S/c1-17-5-7-18(8-6-17)15-27-24(31)21-14-19-4-3-11-26-23(19)29(25(21)32)13-10-22(30)28-12-9-20(16-28)35(2,33)34/h3-8,11,14,20H,9-10,12-13,15-16H2,1-2H3,(H,27,31). The van der Waals surface area contributed by atoms with E-state index in [1.54, 1.807) is 18.3 Å². The smallest absolute Gasteiger partial charge is 0.265 e. The number of nitrogens with zero attached hydrogens (tertiary/aromatic N) is 3. The molecule has 1 atom stereocenters. The zero-order chi connectivity index (χ0) is 25.2. The number of nitrogens with one attached hydrogen (secondary N) is 1. The Kier molecular flexibility index (Phi) is 7.02. The molecule has 10 heteroatoms. The lowest BCUT2D eigenvalue weighted by atomic mass is 10.1. The molecule has 1 unspecified atom stereocenters. The highest BCUT2D eigenvalue weighted by Crippen LogP contribution is 2.18. The average molecular weight is 497 g/mol. The lowest BCUT2D eigenvalue weighted by Gasteiger charge is -2.17. The van der Waals surface area contributed by atoms with Crippen molar-refractivity contribution < 1.29 is 18.0 Å². The maximum atomic E-state index is 13.3. The third kappa shape index (κ3) is 5.59. The van der Waals surface area contributed by atoms with Crippen molar-refractivity contribution in [3.63, 3.8) is 0 Å². The van der Waals surface area contributed by atoms with E-state index >= 15 is 0 Å². The van der Waals surface area contributed by atoms with Crippen LogP contribution in [0.1, 0.15) is 34.3 Å². The van der Waals surface area contributed by atoms with Crippen LogP contribution < -0.4 is 10.9 Å². The van der Waals surface area contributed by atoms with Gasteiger partial charge in [0.2, 0.25) is 5.91 Å². The lowest BCUT2D eigenvalue weighted by molar-refractivity contribution is -0.130. The first-order chi connectivity index (χ1) is 16.6. The second-order valence-electron chi connectivity index (χ2n) is 8.93. The fraction of sp³-hybridized carbons (Fsp3) is 0.360. The molecule has 1 aliphatic heterocycles. The molecule has 3 heterocycles. The number of carbonyl (C=O) groups excluding carboxylic acids is 2. The summed E-state index contributed by atoms with van der Waals surface area (Å²) in [7, 11) is -3.22. The number of aromatic nitrogens is 2. The fourth-order valence-corrected chi connectivity index (χ4v) is 5.21. The zero-order valence-electron chi connectivity index (χ0n) is 19.7. The quantitative estimate of drug-likeness (QED) is 0.532. The van der Waals surface area contributed by atoms with Gasteiger partial charge in [-0.25, -0.2) is 13.4 Å².